The summed E-state index contributed by atoms with van der Waals surface area (Å²) >= 11 is 0. The minimum Gasteiger partial charge on any atom is -0.388 e. The van der Waals surface area contributed by atoms with E-state index in [0.717, 1.165) is 29.6 Å². The molecule has 0 saturated heterocycles. The first-order valence-electron chi connectivity index (χ1n) is 7.13. The van der Waals surface area contributed by atoms with Crippen LogP contribution in [0.3, 0.4) is 0 Å². The molecular weight excluding hydrogens is 254 g/mol. The number of aryl methyl sites for hydroxylation is 2. The van der Waals surface area contributed by atoms with Crippen molar-refractivity contribution in [1.82, 2.24) is 14.6 Å². The maximum Gasteiger partial charge on any atom is 0.154 e. The predicted molar refractivity (Wildman–Crippen MR) is 79.0 cm³/mol. The van der Waals surface area contributed by atoms with Gasteiger partial charge in [-0.2, -0.15) is 0 Å². The van der Waals surface area contributed by atoms with Crippen molar-refractivity contribution < 1.29 is 5.11 Å². The quantitative estimate of drug-likeness (QED) is 0.792. The van der Waals surface area contributed by atoms with E-state index in [1.165, 1.54) is 12.8 Å². The highest BCUT2D eigenvalue weighted by molar-refractivity contribution is 5.88. The number of nitrogens with zero attached hydrogens (tertiary/aromatic N) is 3. The molecule has 108 valence electrons. The Morgan fingerprint density at radius 2 is 2.00 bits per heavy atom. The summed E-state index contributed by atoms with van der Waals surface area (Å²) in [5.41, 5.74) is 13.0. The van der Waals surface area contributed by atoms with Crippen LogP contribution in [0.15, 0.2) is 0 Å². The third-order valence-corrected chi connectivity index (χ3v) is 4.18. The van der Waals surface area contributed by atoms with Crippen LogP contribution in [0.2, 0.25) is 0 Å². The molecule has 1 aliphatic carbocycles. The molecule has 4 N–H and O–H groups in total. The Morgan fingerprint density at radius 1 is 1.30 bits per heavy atom. The van der Waals surface area contributed by atoms with Gasteiger partial charge in [-0.15, -0.1) is 0 Å². The molecular formula is C14H21N5O. The molecule has 2 aromatic heterocycles. The van der Waals surface area contributed by atoms with Crippen molar-refractivity contribution >= 4 is 16.9 Å². The minimum atomic E-state index is -0.119. The number of aliphatic hydroxyl groups excluding tert-OH is 1. The highest BCUT2D eigenvalue weighted by Gasteiger charge is 2.21. The zero-order valence-electron chi connectivity index (χ0n) is 12.0. The zero-order chi connectivity index (χ0) is 14.3. The van der Waals surface area contributed by atoms with Gasteiger partial charge in [0.25, 0.3) is 0 Å². The highest BCUT2D eigenvalue weighted by Crippen LogP contribution is 2.27. The van der Waals surface area contributed by atoms with Crippen molar-refractivity contribution in [3.8, 4) is 0 Å². The van der Waals surface area contributed by atoms with Crippen LogP contribution in [-0.4, -0.2) is 25.8 Å². The van der Waals surface area contributed by atoms with E-state index >= 15 is 0 Å². The lowest BCUT2D eigenvalue weighted by Gasteiger charge is -2.18. The standard InChI is InChI=1S/C14H21N5O/c1-8-9(2)16-14(15)12-13(8)19(11(7-20)17-12)18-10-5-3-4-6-10/h10,18,20H,3-7H2,1-2H3,(H2,15,16). The van der Waals surface area contributed by atoms with Crippen molar-refractivity contribution in [2.45, 2.75) is 52.2 Å². The zero-order valence-corrected chi connectivity index (χ0v) is 12.0. The first-order chi connectivity index (χ1) is 9.61. The largest absolute Gasteiger partial charge is 0.388 e. The Bertz CT molecular complexity index is 643. The summed E-state index contributed by atoms with van der Waals surface area (Å²) in [7, 11) is 0. The average Bonchev–Trinajstić information content (AvgIpc) is 3.04. The molecule has 0 radical (unpaired) electrons. The van der Waals surface area contributed by atoms with Crippen molar-refractivity contribution in [1.29, 1.82) is 0 Å². The summed E-state index contributed by atoms with van der Waals surface area (Å²) in [5, 5.41) is 9.56. The molecule has 0 amide bonds. The fraction of sp³-hybridized carbons (Fsp3) is 0.571. The van der Waals surface area contributed by atoms with E-state index in [9.17, 15) is 5.11 Å². The Morgan fingerprint density at radius 3 is 2.65 bits per heavy atom. The summed E-state index contributed by atoms with van der Waals surface area (Å²) in [4.78, 5) is 8.75. The molecule has 0 aliphatic heterocycles. The van der Waals surface area contributed by atoms with Gasteiger partial charge in [0.15, 0.2) is 11.6 Å². The van der Waals surface area contributed by atoms with Crippen molar-refractivity contribution in [2.24, 2.45) is 0 Å². The number of nitrogen functional groups attached to an aromatic ring is 1. The molecule has 0 unspecified atom stereocenters. The molecule has 6 heteroatoms. The number of anilines is 1. The number of nitrogens with one attached hydrogen (secondary N) is 1. The molecule has 1 fully saturated rings. The van der Waals surface area contributed by atoms with Gasteiger partial charge < -0.3 is 16.3 Å². The number of aliphatic hydroxyl groups is 1. The van der Waals surface area contributed by atoms with Gasteiger partial charge >= 0.3 is 0 Å². The Kier molecular flexibility index (Phi) is 3.25. The smallest absolute Gasteiger partial charge is 0.154 e. The highest BCUT2D eigenvalue weighted by atomic mass is 16.3. The lowest BCUT2D eigenvalue weighted by atomic mass is 10.2. The molecule has 1 saturated carbocycles. The molecule has 1 aliphatic rings. The summed E-state index contributed by atoms with van der Waals surface area (Å²) in [5.74, 6) is 1.01. The third-order valence-electron chi connectivity index (χ3n) is 4.18. The molecule has 3 rings (SSSR count). The van der Waals surface area contributed by atoms with Gasteiger partial charge in [-0.3, -0.25) is 0 Å². The van der Waals surface area contributed by atoms with Gasteiger partial charge in [0, 0.05) is 11.7 Å². The second kappa shape index (κ2) is 4.94. The molecule has 20 heavy (non-hydrogen) atoms. The van der Waals surface area contributed by atoms with Gasteiger partial charge in [0.2, 0.25) is 0 Å². The van der Waals surface area contributed by atoms with Crippen LogP contribution in [0, 0.1) is 13.8 Å². The summed E-state index contributed by atoms with van der Waals surface area (Å²) < 4.78 is 1.91. The molecule has 0 atom stereocenters. The van der Waals surface area contributed by atoms with Crippen LogP contribution >= 0.6 is 0 Å². The van der Waals surface area contributed by atoms with Crippen molar-refractivity contribution in [3.05, 3.63) is 17.1 Å². The normalized spacial score (nSPS) is 16.1. The van der Waals surface area contributed by atoms with Gasteiger partial charge in [-0.05, 0) is 32.3 Å². The van der Waals surface area contributed by atoms with Gasteiger partial charge in [-0.25, -0.2) is 14.6 Å². The lowest BCUT2D eigenvalue weighted by molar-refractivity contribution is 0.267. The second-order valence-corrected chi connectivity index (χ2v) is 5.54. The summed E-state index contributed by atoms with van der Waals surface area (Å²) in [6.07, 6.45) is 4.81. The fourth-order valence-electron chi connectivity index (χ4n) is 2.96. The van der Waals surface area contributed by atoms with E-state index in [1.54, 1.807) is 0 Å². The average molecular weight is 275 g/mol. The number of rotatable bonds is 3. The SMILES string of the molecule is Cc1nc(N)c2nc(CO)n(NC3CCCC3)c2c1C. The third kappa shape index (κ3) is 2.00. The van der Waals surface area contributed by atoms with E-state index in [2.05, 4.69) is 15.4 Å². The first kappa shape index (κ1) is 13.2. The van der Waals surface area contributed by atoms with Crippen LogP contribution in [0.25, 0.3) is 11.0 Å². The number of nitrogens with two attached hydrogens (primary N) is 1. The van der Waals surface area contributed by atoms with E-state index in [-0.39, 0.29) is 6.61 Å². The van der Waals surface area contributed by atoms with Crippen LogP contribution in [0.5, 0.6) is 0 Å². The van der Waals surface area contributed by atoms with E-state index in [0.29, 0.717) is 23.2 Å². The van der Waals surface area contributed by atoms with E-state index in [4.69, 9.17) is 5.73 Å². The monoisotopic (exact) mass is 275 g/mol. The van der Waals surface area contributed by atoms with Crippen LogP contribution in [0.1, 0.15) is 42.8 Å². The van der Waals surface area contributed by atoms with Gasteiger partial charge in [0.05, 0.1) is 5.52 Å². The Hall–Kier alpha value is -1.82. The number of fused-ring (bicyclic) bond motifs is 1. The number of aromatic nitrogens is 3. The van der Waals surface area contributed by atoms with Gasteiger partial charge in [-0.1, -0.05) is 12.8 Å². The number of hydrogen-bond acceptors (Lipinski definition) is 5. The molecule has 0 spiro atoms. The van der Waals surface area contributed by atoms with E-state index in [1.807, 2.05) is 18.5 Å². The van der Waals surface area contributed by atoms with Crippen LogP contribution in [-0.2, 0) is 6.61 Å². The predicted octanol–water partition coefficient (Wildman–Crippen LogP) is 1.61. The van der Waals surface area contributed by atoms with Crippen molar-refractivity contribution in [3.63, 3.8) is 0 Å². The van der Waals surface area contributed by atoms with Crippen LogP contribution in [0.4, 0.5) is 5.82 Å². The number of imidazole rings is 1. The molecule has 2 aromatic rings. The molecule has 6 nitrogen and oxygen atoms in total. The first-order valence-corrected chi connectivity index (χ1v) is 7.13. The Labute approximate surface area is 118 Å². The number of hydrogen-bond donors (Lipinski definition) is 3. The molecule has 0 aromatic carbocycles. The number of pyridine rings is 1. The lowest BCUT2D eigenvalue weighted by Crippen LogP contribution is -2.27. The topological polar surface area (TPSA) is 89.0 Å². The summed E-state index contributed by atoms with van der Waals surface area (Å²) in [6.45, 7) is 3.84. The molecule has 0 bridgehead atoms. The van der Waals surface area contributed by atoms with Crippen LogP contribution < -0.4 is 11.2 Å². The second-order valence-electron chi connectivity index (χ2n) is 5.54. The van der Waals surface area contributed by atoms with Gasteiger partial charge in [0.1, 0.15) is 12.1 Å². The summed E-state index contributed by atoms with van der Waals surface area (Å²) in [6, 6.07) is 0.437. The van der Waals surface area contributed by atoms with E-state index < -0.39 is 0 Å². The minimum absolute atomic E-state index is 0.119. The fourth-order valence-corrected chi connectivity index (χ4v) is 2.96. The Balaban J connectivity index is 2.16. The molecule has 2 heterocycles. The maximum absolute atomic E-state index is 9.56. The maximum atomic E-state index is 9.56. The van der Waals surface area contributed by atoms with Crippen molar-refractivity contribution in [2.75, 3.05) is 11.2 Å².